The number of aromatic nitrogens is 2. The molecule has 26 heavy (non-hydrogen) atoms. The van der Waals surface area contributed by atoms with Gasteiger partial charge in [0.25, 0.3) is 5.56 Å². The molecule has 9 heteroatoms. The van der Waals surface area contributed by atoms with Crippen molar-refractivity contribution in [2.75, 3.05) is 18.6 Å². The summed E-state index contributed by atoms with van der Waals surface area (Å²) >= 11 is 3.01. The molecular formula is C17H23N3O3S3. The van der Waals surface area contributed by atoms with Crippen LogP contribution in [0.3, 0.4) is 0 Å². The number of nitrogens with zero attached hydrogens (tertiary/aromatic N) is 2. The molecule has 1 N–H and O–H groups in total. The fraction of sp³-hybridized carbons (Fsp3) is 0.529. The molecule has 0 saturated carbocycles. The van der Waals surface area contributed by atoms with E-state index in [4.69, 9.17) is 4.98 Å². The summed E-state index contributed by atoms with van der Waals surface area (Å²) in [5, 5.41) is 1.38. The van der Waals surface area contributed by atoms with Crippen molar-refractivity contribution in [1.29, 1.82) is 0 Å². The van der Waals surface area contributed by atoms with Crippen LogP contribution in [-0.2, 0) is 29.4 Å². The predicted molar refractivity (Wildman–Crippen MR) is 109 cm³/mol. The molecule has 0 aromatic carbocycles. The number of rotatable bonds is 7. The van der Waals surface area contributed by atoms with E-state index in [0.717, 1.165) is 35.7 Å². The van der Waals surface area contributed by atoms with Crippen LogP contribution in [0.1, 0.15) is 23.8 Å². The van der Waals surface area contributed by atoms with Crippen LogP contribution in [0.4, 0.5) is 0 Å². The van der Waals surface area contributed by atoms with E-state index < -0.39 is 10.0 Å². The van der Waals surface area contributed by atoms with Gasteiger partial charge in [-0.05, 0) is 30.7 Å². The SMILES string of the molecule is C=CCn1c(SCCNS(C)(=O)=O)nc2sc3c(c2c1=O)CCC(C)C3. The van der Waals surface area contributed by atoms with Crippen LogP contribution in [0.25, 0.3) is 10.2 Å². The van der Waals surface area contributed by atoms with Crippen molar-refractivity contribution < 1.29 is 8.42 Å². The number of fused-ring (bicyclic) bond motifs is 3. The van der Waals surface area contributed by atoms with Crippen molar-refractivity contribution >= 4 is 43.3 Å². The number of allylic oxidation sites excluding steroid dienone is 1. The maximum Gasteiger partial charge on any atom is 0.263 e. The minimum absolute atomic E-state index is 0.0134. The molecule has 2 aromatic rings. The van der Waals surface area contributed by atoms with Gasteiger partial charge in [-0.1, -0.05) is 24.8 Å². The molecule has 1 atom stereocenters. The zero-order chi connectivity index (χ0) is 18.9. The van der Waals surface area contributed by atoms with Crippen LogP contribution in [-0.4, -0.2) is 36.5 Å². The molecule has 0 saturated heterocycles. The van der Waals surface area contributed by atoms with E-state index >= 15 is 0 Å². The van der Waals surface area contributed by atoms with E-state index in [1.165, 1.54) is 22.2 Å². The second-order valence-electron chi connectivity index (χ2n) is 6.65. The van der Waals surface area contributed by atoms with Crippen molar-refractivity contribution in [3.63, 3.8) is 0 Å². The average Bonchev–Trinajstić information content (AvgIpc) is 2.91. The van der Waals surface area contributed by atoms with Crippen LogP contribution in [0.15, 0.2) is 22.6 Å². The zero-order valence-corrected chi connectivity index (χ0v) is 17.4. The van der Waals surface area contributed by atoms with Gasteiger partial charge >= 0.3 is 0 Å². The summed E-state index contributed by atoms with van der Waals surface area (Å²) in [7, 11) is -3.22. The Hall–Kier alpha value is -1.16. The molecule has 2 aromatic heterocycles. The Kier molecular flexibility index (Phi) is 5.91. The standard InChI is InChI=1S/C17H23N3O3S3/c1-4-8-20-16(21)14-12-6-5-11(2)10-13(12)25-15(14)19-17(20)24-9-7-18-26(3,22)23/h4,11,18H,1,5-10H2,2-3H3. The van der Waals surface area contributed by atoms with Gasteiger partial charge in [0.2, 0.25) is 10.0 Å². The lowest BCUT2D eigenvalue weighted by molar-refractivity contribution is 0.509. The molecule has 0 amide bonds. The van der Waals surface area contributed by atoms with Crippen LogP contribution in [0.2, 0.25) is 0 Å². The highest BCUT2D eigenvalue weighted by Crippen LogP contribution is 2.36. The van der Waals surface area contributed by atoms with Crippen LogP contribution < -0.4 is 10.3 Å². The number of nitrogens with one attached hydrogen (secondary N) is 1. The van der Waals surface area contributed by atoms with Crippen LogP contribution in [0.5, 0.6) is 0 Å². The Morgan fingerprint density at radius 1 is 1.50 bits per heavy atom. The lowest BCUT2D eigenvalue weighted by Gasteiger charge is -2.17. The van der Waals surface area contributed by atoms with Gasteiger partial charge in [0.05, 0.1) is 11.6 Å². The second-order valence-corrected chi connectivity index (χ2v) is 10.6. The molecule has 1 aliphatic rings. The van der Waals surface area contributed by atoms with Gasteiger partial charge in [0.15, 0.2) is 5.16 Å². The molecule has 1 unspecified atom stereocenters. The molecule has 0 fully saturated rings. The topological polar surface area (TPSA) is 81.1 Å². The molecule has 6 nitrogen and oxygen atoms in total. The number of hydrogen-bond acceptors (Lipinski definition) is 6. The maximum atomic E-state index is 13.1. The zero-order valence-electron chi connectivity index (χ0n) is 14.9. The summed E-state index contributed by atoms with van der Waals surface area (Å²) in [4.78, 5) is 19.9. The molecule has 3 rings (SSSR count). The number of hydrogen-bond donors (Lipinski definition) is 1. The number of aryl methyl sites for hydroxylation is 1. The highest BCUT2D eigenvalue weighted by Gasteiger charge is 2.24. The van der Waals surface area contributed by atoms with E-state index in [1.807, 2.05) is 0 Å². The Balaban J connectivity index is 1.96. The van der Waals surface area contributed by atoms with E-state index in [9.17, 15) is 13.2 Å². The minimum atomic E-state index is -3.22. The normalized spacial score (nSPS) is 17.4. The highest BCUT2D eigenvalue weighted by molar-refractivity contribution is 7.99. The Morgan fingerprint density at radius 2 is 2.27 bits per heavy atom. The van der Waals surface area contributed by atoms with E-state index in [-0.39, 0.29) is 5.56 Å². The second kappa shape index (κ2) is 7.84. The van der Waals surface area contributed by atoms with E-state index in [2.05, 4.69) is 18.2 Å². The molecular weight excluding hydrogens is 390 g/mol. The quantitative estimate of drug-likeness (QED) is 0.326. The van der Waals surface area contributed by atoms with E-state index in [1.54, 1.807) is 22.0 Å². The average molecular weight is 414 g/mol. The number of thiophene rings is 1. The Morgan fingerprint density at radius 3 is 2.96 bits per heavy atom. The Labute approximate surface area is 161 Å². The van der Waals surface area contributed by atoms with Gasteiger partial charge in [-0.15, -0.1) is 17.9 Å². The fourth-order valence-corrected chi connectivity index (χ4v) is 6.06. The lowest BCUT2D eigenvalue weighted by atomic mass is 9.89. The summed E-state index contributed by atoms with van der Waals surface area (Å²) in [5.74, 6) is 1.14. The van der Waals surface area contributed by atoms with Gasteiger partial charge in [-0.2, -0.15) is 0 Å². The molecule has 0 radical (unpaired) electrons. The van der Waals surface area contributed by atoms with Crippen molar-refractivity contribution in [3.05, 3.63) is 33.4 Å². The molecule has 0 spiro atoms. The number of thioether (sulfide) groups is 1. The van der Waals surface area contributed by atoms with Crippen molar-refractivity contribution in [2.24, 2.45) is 5.92 Å². The van der Waals surface area contributed by atoms with E-state index in [0.29, 0.717) is 29.9 Å². The summed E-state index contributed by atoms with van der Waals surface area (Å²) in [6.07, 6.45) is 5.87. The van der Waals surface area contributed by atoms with Gasteiger partial charge in [-0.3, -0.25) is 9.36 Å². The third kappa shape index (κ3) is 4.21. The molecule has 142 valence electrons. The first-order valence-electron chi connectivity index (χ1n) is 8.53. The molecule has 1 aliphatic carbocycles. The smallest absolute Gasteiger partial charge is 0.263 e. The first-order chi connectivity index (χ1) is 12.3. The predicted octanol–water partition coefficient (Wildman–Crippen LogP) is 2.41. The lowest BCUT2D eigenvalue weighted by Crippen LogP contribution is -2.26. The maximum absolute atomic E-state index is 13.1. The van der Waals surface area contributed by atoms with Gasteiger partial charge < -0.3 is 0 Å². The third-order valence-electron chi connectivity index (χ3n) is 4.39. The van der Waals surface area contributed by atoms with Crippen molar-refractivity contribution in [1.82, 2.24) is 14.3 Å². The van der Waals surface area contributed by atoms with Crippen molar-refractivity contribution in [2.45, 2.75) is 37.9 Å². The first kappa shape index (κ1) is 19.6. The highest BCUT2D eigenvalue weighted by atomic mass is 32.2. The van der Waals surface area contributed by atoms with Gasteiger partial charge in [0.1, 0.15) is 4.83 Å². The first-order valence-corrected chi connectivity index (χ1v) is 12.2. The molecule has 2 heterocycles. The summed E-state index contributed by atoms with van der Waals surface area (Å²) in [5.41, 5.74) is 1.16. The fourth-order valence-electron chi connectivity index (χ4n) is 3.17. The Bertz CT molecular complexity index is 992. The number of sulfonamides is 1. The monoisotopic (exact) mass is 413 g/mol. The van der Waals surface area contributed by atoms with Gasteiger partial charge in [0, 0.05) is 23.7 Å². The largest absolute Gasteiger partial charge is 0.283 e. The minimum Gasteiger partial charge on any atom is -0.283 e. The third-order valence-corrected chi connectivity index (χ3v) is 7.24. The summed E-state index contributed by atoms with van der Waals surface area (Å²) < 4.78 is 26.5. The summed E-state index contributed by atoms with van der Waals surface area (Å²) in [6, 6.07) is 0. The molecule has 0 aliphatic heterocycles. The summed E-state index contributed by atoms with van der Waals surface area (Å²) in [6.45, 7) is 6.68. The van der Waals surface area contributed by atoms with Crippen LogP contribution >= 0.6 is 23.1 Å². The van der Waals surface area contributed by atoms with Crippen LogP contribution in [0, 0.1) is 5.92 Å². The van der Waals surface area contributed by atoms with Gasteiger partial charge in [-0.25, -0.2) is 18.1 Å². The van der Waals surface area contributed by atoms with Crippen molar-refractivity contribution in [3.8, 4) is 0 Å². The molecule has 0 bridgehead atoms.